The molecule has 0 amide bonds. The lowest BCUT2D eigenvalue weighted by molar-refractivity contribution is -0.297. The fraction of sp³-hybridized carbons (Fsp3) is 0.415. The van der Waals surface area contributed by atoms with Crippen molar-refractivity contribution < 1.29 is 41.8 Å². The van der Waals surface area contributed by atoms with E-state index in [2.05, 4.69) is 0 Å². The molecule has 1 aliphatic heterocycles. The topological polar surface area (TPSA) is 90.9 Å². The third-order valence-electron chi connectivity index (χ3n) is 8.30. The summed E-state index contributed by atoms with van der Waals surface area (Å²) < 4.78 is 65.4. The van der Waals surface area contributed by atoms with E-state index in [9.17, 15) is 4.57 Å². The molecule has 0 N–H and O–H groups in total. The Bertz CT molecular complexity index is 1530. The maximum Gasteiger partial charge on any atom is 0.477 e. The Morgan fingerprint density at radius 1 is 0.588 bits per heavy atom. The lowest BCUT2D eigenvalue weighted by Crippen LogP contribution is -2.62. The molecule has 0 saturated carbocycles. The first-order chi connectivity index (χ1) is 25.1. The maximum absolute atomic E-state index is 14.3. The average molecular weight is 719 g/mol. The zero-order valence-corrected chi connectivity index (χ0v) is 30.5. The molecule has 10 heteroatoms. The van der Waals surface area contributed by atoms with Crippen LogP contribution in [0.3, 0.4) is 0 Å². The minimum absolute atomic E-state index is 0.134. The minimum Gasteiger partial charge on any atom is -0.482 e. The van der Waals surface area contributed by atoms with Gasteiger partial charge in [-0.15, -0.1) is 0 Å². The molecule has 5 rings (SSSR count). The zero-order chi connectivity index (χ0) is 35.6. The monoisotopic (exact) mass is 718 g/mol. The first kappa shape index (κ1) is 38.9. The normalized spacial score (nSPS) is 20.6. The number of hydrogen-bond donors (Lipinski definition) is 0. The van der Waals surface area contributed by atoms with Gasteiger partial charge in [-0.05, 0) is 41.7 Å². The highest BCUT2D eigenvalue weighted by Gasteiger charge is 2.52. The number of ether oxygens (including phenoxy) is 5. The van der Waals surface area contributed by atoms with Crippen LogP contribution in [0.2, 0.25) is 0 Å². The molecule has 1 heterocycles. The molecule has 0 aliphatic carbocycles. The van der Waals surface area contributed by atoms with Gasteiger partial charge >= 0.3 is 7.82 Å². The van der Waals surface area contributed by atoms with Crippen LogP contribution in [0.15, 0.2) is 121 Å². The van der Waals surface area contributed by atoms with E-state index in [1.54, 1.807) is 0 Å². The number of rotatable bonds is 22. The SMILES string of the molecule is CCCCOP(=O)(OCCCC)OC1OC(COCc2ccccc2)[C@@H](OCc2ccccc2)C(OCc2ccccc2)C1Oc1ccccc1. The van der Waals surface area contributed by atoms with Gasteiger partial charge in [-0.25, -0.2) is 4.57 Å². The fourth-order valence-corrected chi connectivity index (χ4v) is 6.86. The summed E-state index contributed by atoms with van der Waals surface area (Å²) in [7, 11) is -4.12. The maximum atomic E-state index is 14.3. The van der Waals surface area contributed by atoms with Crippen molar-refractivity contribution in [1.29, 1.82) is 0 Å². The van der Waals surface area contributed by atoms with E-state index in [0.29, 0.717) is 25.2 Å². The van der Waals surface area contributed by atoms with Gasteiger partial charge in [0.2, 0.25) is 6.29 Å². The van der Waals surface area contributed by atoms with Gasteiger partial charge in [0.15, 0.2) is 6.10 Å². The first-order valence-corrected chi connectivity index (χ1v) is 19.4. The summed E-state index contributed by atoms with van der Waals surface area (Å²) in [5.74, 6) is 0.558. The summed E-state index contributed by atoms with van der Waals surface area (Å²) in [5.41, 5.74) is 2.97. The van der Waals surface area contributed by atoms with Gasteiger partial charge in [0, 0.05) is 0 Å². The minimum atomic E-state index is -4.12. The summed E-state index contributed by atoms with van der Waals surface area (Å²) in [6, 6.07) is 39.1. The van der Waals surface area contributed by atoms with Gasteiger partial charge < -0.3 is 23.7 Å². The van der Waals surface area contributed by atoms with Crippen LogP contribution in [0.1, 0.15) is 56.2 Å². The molecular weight excluding hydrogens is 667 g/mol. The van der Waals surface area contributed by atoms with E-state index < -0.39 is 38.5 Å². The second-order valence-electron chi connectivity index (χ2n) is 12.4. The van der Waals surface area contributed by atoms with Crippen LogP contribution in [0.25, 0.3) is 0 Å². The third-order valence-corrected chi connectivity index (χ3v) is 9.76. The second-order valence-corrected chi connectivity index (χ2v) is 14.0. The molecule has 9 nitrogen and oxygen atoms in total. The van der Waals surface area contributed by atoms with Crippen LogP contribution in [-0.2, 0) is 56.9 Å². The molecule has 4 aromatic rings. The summed E-state index contributed by atoms with van der Waals surface area (Å²) >= 11 is 0. The van der Waals surface area contributed by atoms with Gasteiger partial charge in [-0.3, -0.25) is 13.6 Å². The van der Waals surface area contributed by atoms with E-state index in [1.807, 2.05) is 135 Å². The van der Waals surface area contributed by atoms with E-state index >= 15 is 0 Å². The predicted molar refractivity (Wildman–Crippen MR) is 196 cm³/mol. The second kappa shape index (κ2) is 21.2. The number of phosphoric ester groups is 1. The molecule has 5 atom stereocenters. The van der Waals surface area contributed by atoms with Crippen LogP contribution < -0.4 is 4.74 Å². The fourth-order valence-electron chi connectivity index (χ4n) is 5.54. The van der Waals surface area contributed by atoms with Gasteiger partial charge in [-0.2, -0.15) is 0 Å². The third kappa shape index (κ3) is 12.7. The van der Waals surface area contributed by atoms with Crippen molar-refractivity contribution in [2.75, 3.05) is 19.8 Å². The lowest BCUT2D eigenvalue weighted by atomic mass is 9.98. The van der Waals surface area contributed by atoms with Crippen LogP contribution in [-0.4, -0.2) is 50.5 Å². The van der Waals surface area contributed by atoms with Crippen molar-refractivity contribution in [1.82, 2.24) is 0 Å². The van der Waals surface area contributed by atoms with Crippen LogP contribution in [0.5, 0.6) is 5.75 Å². The Balaban J connectivity index is 1.50. The van der Waals surface area contributed by atoms with Gasteiger partial charge in [0.1, 0.15) is 24.1 Å². The van der Waals surface area contributed by atoms with E-state index in [4.69, 9.17) is 37.3 Å². The molecule has 0 aromatic heterocycles. The van der Waals surface area contributed by atoms with Gasteiger partial charge in [0.05, 0.1) is 39.6 Å². The zero-order valence-electron chi connectivity index (χ0n) is 29.6. The van der Waals surface area contributed by atoms with E-state index in [0.717, 1.165) is 29.5 Å². The largest absolute Gasteiger partial charge is 0.482 e. The number of phosphoric acid groups is 1. The highest BCUT2D eigenvalue weighted by atomic mass is 31.2. The predicted octanol–water partition coefficient (Wildman–Crippen LogP) is 9.30. The standard InChI is InChI=1S/C41H51O9P/c1-3-5-27-46-51(42,47-28-6-4-2)50-41-40(48-36-25-17-10-18-26-36)39(45-31-35-23-15-9-16-24-35)38(44-30-34-21-13-8-14-22-34)37(49-41)32-43-29-33-19-11-7-12-20-33/h7-26,37-41H,3-6,27-32H2,1-2H3/t37?,38-,39?,40?,41?/m1/s1. The Hall–Kier alpha value is -3.37. The Morgan fingerprint density at radius 2 is 1.06 bits per heavy atom. The van der Waals surface area contributed by atoms with Gasteiger partial charge in [0.25, 0.3) is 0 Å². The van der Waals surface area contributed by atoms with Crippen LogP contribution in [0.4, 0.5) is 0 Å². The van der Waals surface area contributed by atoms with Crippen molar-refractivity contribution in [2.45, 2.75) is 90.1 Å². The van der Waals surface area contributed by atoms with Crippen molar-refractivity contribution in [3.8, 4) is 5.75 Å². The molecule has 4 aromatic carbocycles. The molecule has 51 heavy (non-hydrogen) atoms. The number of benzene rings is 4. The summed E-state index contributed by atoms with van der Waals surface area (Å²) in [5, 5.41) is 0. The first-order valence-electron chi connectivity index (χ1n) is 17.9. The summed E-state index contributed by atoms with van der Waals surface area (Å²) in [4.78, 5) is 0. The van der Waals surface area contributed by atoms with Crippen molar-refractivity contribution in [2.24, 2.45) is 0 Å². The number of unbranched alkanes of at least 4 members (excludes halogenated alkanes) is 2. The van der Waals surface area contributed by atoms with Crippen molar-refractivity contribution in [3.63, 3.8) is 0 Å². The summed E-state index contributed by atoms with van der Waals surface area (Å²) in [6.07, 6.45) is -1.25. The van der Waals surface area contributed by atoms with Crippen LogP contribution in [0, 0.1) is 0 Å². The molecule has 0 bridgehead atoms. The quantitative estimate of drug-likeness (QED) is 0.0583. The number of hydrogen-bond acceptors (Lipinski definition) is 9. The van der Waals surface area contributed by atoms with Gasteiger partial charge in [-0.1, -0.05) is 136 Å². The van der Waals surface area contributed by atoms with E-state index in [-0.39, 0.29) is 33.0 Å². The van der Waals surface area contributed by atoms with Crippen LogP contribution >= 0.6 is 7.82 Å². The van der Waals surface area contributed by atoms with Crippen molar-refractivity contribution in [3.05, 3.63) is 138 Å². The molecule has 1 saturated heterocycles. The molecule has 1 fully saturated rings. The molecule has 0 radical (unpaired) electrons. The molecule has 1 aliphatic rings. The highest BCUT2D eigenvalue weighted by molar-refractivity contribution is 7.48. The number of para-hydroxylation sites is 1. The molecular formula is C41H51O9P. The lowest BCUT2D eigenvalue weighted by Gasteiger charge is -2.46. The Labute approximate surface area is 302 Å². The molecule has 274 valence electrons. The molecule has 0 spiro atoms. The highest BCUT2D eigenvalue weighted by Crippen LogP contribution is 2.52. The summed E-state index contributed by atoms with van der Waals surface area (Å²) in [6.45, 7) is 5.51. The smallest absolute Gasteiger partial charge is 0.477 e. The Kier molecular flexibility index (Phi) is 16.2. The molecule has 4 unspecified atom stereocenters. The Morgan fingerprint density at radius 3 is 1.57 bits per heavy atom. The average Bonchev–Trinajstić information content (AvgIpc) is 3.16. The van der Waals surface area contributed by atoms with Crippen molar-refractivity contribution >= 4 is 7.82 Å². The van der Waals surface area contributed by atoms with E-state index in [1.165, 1.54) is 0 Å².